The minimum atomic E-state index is -0.681. The van der Waals surface area contributed by atoms with Crippen molar-refractivity contribution in [2.45, 2.75) is 37.8 Å². The van der Waals surface area contributed by atoms with E-state index in [1.807, 2.05) is 6.92 Å². The molecule has 1 saturated carbocycles. The smallest absolute Gasteiger partial charge is 0.313 e. The maximum absolute atomic E-state index is 13.1. The molecule has 21 heavy (non-hydrogen) atoms. The van der Waals surface area contributed by atoms with E-state index in [4.69, 9.17) is 4.74 Å². The van der Waals surface area contributed by atoms with Crippen molar-refractivity contribution in [2.75, 3.05) is 6.54 Å². The number of ether oxygens (including phenoxy) is 1. The predicted octanol–water partition coefficient (Wildman–Crippen LogP) is 2.54. The predicted molar refractivity (Wildman–Crippen MR) is 73.3 cm³/mol. The van der Waals surface area contributed by atoms with Crippen LogP contribution in [0.15, 0.2) is 18.2 Å². The highest BCUT2D eigenvalue weighted by molar-refractivity contribution is 5.46. The van der Waals surface area contributed by atoms with Crippen LogP contribution >= 0.6 is 0 Å². The lowest BCUT2D eigenvalue weighted by atomic mass is 10.00. The number of nitrogens with one attached hydrogen (secondary N) is 1. The first-order valence-electron chi connectivity index (χ1n) is 6.76. The molecule has 0 radical (unpaired) electrons. The van der Waals surface area contributed by atoms with E-state index in [1.165, 1.54) is 6.07 Å². The first-order chi connectivity index (χ1) is 9.99. The van der Waals surface area contributed by atoms with E-state index in [0.29, 0.717) is 25.8 Å². The second kappa shape index (κ2) is 6.06. The fraction of sp³-hybridized carbons (Fsp3) is 0.500. The molecule has 112 valence electrons. The Morgan fingerprint density at radius 2 is 2.43 bits per heavy atom. The molecule has 0 heterocycles. The quantitative estimate of drug-likeness (QED) is 0.665. The minimum absolute atomic E-state index is 0.0386. The van der Waals surface area contributed by atoms with Crippen molar-refractivity contribution in [2.24, 2.45) is 0 Å². The maximum atomic E-state index is 13.1. The number of halogens is 1. The van der Waals surface area contributed by atoms with Crippen LogP contribution in [0.3, 0.4) is 0 Å². The summed E-state index contributed by atoms with van der Waals surface area (Å²) in [6, 6.07) is 5.48. The molecule has 1 aliphatic carbocycles. The van der Waals surface area contributed by atoms with Crippen molar-refractivity contribution < 1.29 is 14.1 Å². The third kappa shape index (κ3) is 3.28. The van der Waals surface area contributed by atoms with Crippen LogP contribution in [0.4, 0.5) is 10.1 Å². The van der Waals surface area contributed by atoms with Gasteiger partial charge < -0.3 is 4.74 Å². The SMILES string of the molecule is CCNC1(C#N)CCC(Oc2ccc(F)cc2[N+](=O)[O-])C1. The summed E-state index contributed by atoms with van der Waals surface area (Å²) >= 11 is 0. The number of rotatable bonds is 5. The van der Waals surface area contributed by atoms with Gasteiger partial charge >= 0.3 is 5.69 Å². The molecule has 2 unspecified atom stereocenters. The first kappa shape index (κ1) is 15.2. The zero-order valence-electron chi connectivity index (χ0n) is 11.6. The number of nitro groups is 1. The minimum Gasteiger partial charge on any atom is -0.483 e. The number of nitriles is 1. The van der Waals surface area contributed by atoms with Crippen molar-refractivity contribution in [3.63, 3.8) is 0 Å². The highest BCUT2D eigenvalue weighted by Crippen LogP contribution is 2.35. The van der Waals surface area contributed by atoms with Gasteiger partial charge in [-0.2, -0.15) is 5.26 Å². The van der Waals surface area contributed by atoms with Crippen LogP contribution in [0.25, 0.3) is 0 Å². The van der Waals surface area contributed by atoms with Crippen LogP contribution in [-0.4, -0.2) is 23.1 Å². The molecule has 2 rings (SSSR count). The summed E-state index contributed by atoms with van der Waals surface area (Å²) < 4.78 is 18.7. The molecule has 1 aromatic rings. The Balaban J connectivity index is 2.14. The monoisotopic (exact) mass is 293 g/mol. The van der Waals surface area contributed by atoms with E-state index >= 15 is 0 Å². The number of hydrogen-bond donors (Lipinski definition) is 1. The van der Waals surface area contributed by atoms with Gasteiger partial charge in [-0.3, -0.25) is 15.4 Å². The standard InChI is InChI=1S/C14H16FN3O3/c1-2-17-14(9-16)6-5-11(8-14)21-13-4-3-10(15)7-12(13)18(19)20/h3-4,7,11,17H,2,5-6,8H2,1H3. The number of nitrogens with zero attached hydrogens (tertiary/aromatic N) is 2. The molecule has 1 aliphatic rings. The number of benzene rings is 1. The van der Waals surface area contributed by atoms with E-state index < -0.39 is 22.0 Å². The molecule has 1 fully saturated rings. The van der Waals surface area contributed by atoms with Crippen molar-refractivity contribution in [3.05, 3.63) is 34.1 Å². The molecule has 1 N–H and O–H groups in total. The topological polar surface area (TPSA) is 88.2 Å². The molecule has 0 bridgehead atoms. The lowest BCUT2D eigenvalue weighted by Crippen LogP contribution is -2.42. The maximum Gasteiger partial charge on any atom is 0.313 e. The summed E-state index contributed by atoms with van der Waals surface area (Å²) in [6.45, 7) is 2.58. The Morgan fingerprint density at radius 3 is 3.05 bits per heavy atom. The lowest BCUT2D eigenvalue weighted by Gasteiger charge is -2.21. The van der Waals surface area contributed by atoms with Crippen LogP contribution in [0.5, 0.6) is 5.75 Å². The summed E-state index contributed by atoms with van der Waals surface area (Å²) in [4.78, 5) is 10.3. The van der Waals surface area contributed by atoms with Crippen molar-refractivity contribution in [1.29, 1.82) is 5.26 Å². The second-order valence-electron chi connectivity index (χ2n) is 5.08. The van der Waals surface area contributed by atoms with Crippen molar-refractivity contribution in [3.8, 4) is 11.8 Å². The van der Waals surface area contributed by atoms with Gasteiger partial charge in [-0.05, 0) is 31.5 Å². The van der Waals surface area contributed by atoms with Crippen LogP contribution < -0.4 is 10.1 Å². The van der Waals surface area contributed by atoms with E-state index in [1.54, 1.807) is 0 Å². The Bertz CT molecular complexity index is 587. The molecule has 7 heteroatoms. The molecule has 1 aromatic carbocycles. The molecule has 0 aromatic heterocycles. The van der Waals surface area contributed by atoms with Gasteiger partial charge in [0.2, 0.25) is 0 Å². The molecule has 0 aliphatic heterocycles. The summed E-state index contributed by atoms with van der Waals surface area (Å²) in [5.74, 6) is -0.642. The van der Waals surface area contributed by atoms with Gasteiger partial charge in [-0.15, -0.1) is 0 Å². The van der Waals surface area contributed by atoms with Gasteiger partial charge in [-0.25, -0.2) is 4.39 Å². The molecule has 6 nitrogen and oxygen atoms in total. The van der Waals surface area contributed by atoms with E-state index in [2.05, 4.69) is 11.4 Å². The average Bonchev–Trinajstić information content (AvgIpc) is 2.85. The summed E-state index contributed by atoms with van der Waals surface area (Å²) in [5.41, 5.74) is -1.04. The van der Waals surface area contributed by atoms with Crippen molar-refractivity contribution in [1.82, 2.24) is 5.32 Å². The molecular formula is C14H16FN3O3. The Morgan fingerprint density at radius 1 is 1.67 bits per heavy atom. The van der Waals surface area contributed by atoms with Crippen LogP contribution in [0, 0.1) is 27.3 Å². The van der Waals surface area contributed by atoms with Crippen molar-refractivity contribution >= 4 is 5.69 Å². The third-order valence-electron chi connectivity index (χ3n) is 3.61. The largest absolute Gasteiger partial charge is 0.483 e. The van der Waals surface area contributed by atoms with Gasteiger partial charge in [0, 0.05) is 6.42 Å². The summed E-state index contributed by atoms with van der Waals surface area (Å²) in [5, 5.41) is 23.3. The summed E-state index contributed by atoms with van der Waals surface area (Å²) in [6.07, 6.45) is 1.39. The zero-order chi connectivity index (χ0) is 15.5. The molecular weight excluding hydrogens is 277 g/mol. The van der Waals surface area contributed by atoms with E-state index in [9.17, 15) is 19.8 Å². The molecule has 0 amide bonds. The molecule has 0 spiro atoms. The fourth-order valence-corrected chi connectivity index (χ4v) is 2.65. The second-order valence-corrected chi connectivity index (χ2v) is 5.08. The highest BCUT2D eigenvalue weighted by atomic mass is 19.1. The Labute approximate surface area is 121 Å². The summed E-state index contributed by atoms with van der Waals surface area (Å²) in [7, 11) is 0. The van der Waals surface area contributed by atoms with Crippen LogP contribution in [-0.2, 0) is 0 Å². The van der Waals surface area contributed by atoms with E-state index in [-0.39, 0.29) is 11.9 Å². The highest BCUT2D eigenvalue weighted by Gasteiger charge is 2.40. The normalized spacial score (nSPS) is 24.5. The van der Waals surface area contributed by atoms with Gasteiger partial charge in [0.15, 0.2) is 5.75 Å². The Hall–Kier alpha value is -2.20. The zero-order valence-corrected chi connectivity index (χ0v) is 11.6. The number of nitro benzene ring substituents is 1. The molecule has 2 atom stereocenters. The van der Waals surface area contributed by atoms with Crippen LogP contribution in [0.2, 0.25) is 0 Å². The van der Waals surface area contributed by atoms with Gasteiger partial charge in [0.1, 0.15) is 17.5 Å². The van der Waals surface area contributed by atoms with Gasteiger partial charge in [-0.1, -0.05) is 6.92 Å². The van der Waals surface area contributed by atoms with Crippen LogP contribution in [0.1, 0.15) is 26.2 Å². The number of hydrogen-bond acceptors (Lipinski definition) is 5. The lowest BCUT2D eigenvalue weighted by molar-refractivity contribution is -0.386. The third-order valence-corrected chi connectivity index (χ3v) is 3.61. The molecule has 0 saturated heterocycles. The van der Waals surface area contributed by atoms with Gasteiger partial charge in [0.05, 0.1) is 17.1 Å². The van der Waals surface area contributed by atoms with E-state index in [0.717, 1.165) is 12.1 Å². The fourth-order valence-electron chi connectivity index (χ4n) is 2.65. The Kier molecular flexibility index (Phi) is 4.38. The average molecular weight is 293 g/mol. The van der Waals surface area contributed by atoms with Gasteiger partial charge in [0.25, 0.3) is 0 Å². The first-order valence-corrected chi connectivity index (χ1v) is 6.76.